The molecule has 1 fully saturated rings. The Morgan fingerprint density at radius 3 is 2.36 bits per heavy atom. The number of nitrogens with two attached hydrogens (primary N) is 1. The molecule has 3 aromatic carbocycles. The van der Waals surface area contributed by atoms with Crippen LogP contribution in [-0.4, -0.2) is 61.0 Å². The number of carbonyl (C=O) groups is 2. The normalized spacial score (nSPS) is 14.6. The molecule has 5 N–H and O–H groups in total. The number of benzene rings is 3. The highest BCUT2D eigenvalue weighted by molar-refractivity contribution is 7.89. The van der Waals surface area contributed by atoms with E-state index < -0.39 is 28.1 Å². The predicted octanol–water partition coefficient (Wildman–Crippen LogP) is 4.59. The fourth-order valence-corrected chi connectivity index (χ4v) is 5.49. The van der Waals surface area contributed by atoms with Crippen LogP contribution >= 0.6 is 0 Å². The number of sulfonamides is 1. The lowest BCUT2D eigenvalue weighted by atomic mass is 9.97. The fourth-order valence-electron chi connectivity index (χ4n) is 5.05. The lowest BCUT2D eigenvalue weighted by molar-refractivity contribution is 0.0967. The Morgan fingerprint density at radius 2 is 1.71 bits per heavy atom. The summed E-state index contributed by atoms with van der Waals surface area (Å²) in [6, 6.07) is 19.4. The highest BCUT2D eigenvalue weighted by atomic mass is 32.2. The Hall–Kier alpha value is -4.09. The van der Waals surface area contributed by atoms with Crippen LogP contribution in [0.15, 0.2) is 66.7 Å². The highest BCUT2D eigenvalue weighted by Gasteiger charge is 2.22. The third-order valence-electron chi connectivity index (χ3n) is 7.27. The van der Waals surface area contributed by atoms with Gasteiger partial charge in [0.05, 0.1) is 30.6 Å². The highest BCUT2D eigenvalue weighted by Crippen LogP contribution is 2.31. The van der Waals surface area contributed by atoms with Gasteiger partial charge in [0.15, 0.2) is 0 Å². The molecule has 42 heavy (non-hydrogen) atoms. The van der Waals surface area contributed by atoms with E-state index >= 15 is 0 Å². The van der Waals surface area contributed by atoms with Gasteiger partial charge in [0.1, 0.15) is 5.75 Å². The first-order valence-corrected chi connectivity index (χ1v) is 15.8. The van der Waals surface area contributed by atoms with Crippen LogP contribution < -0.4 is 15.2 Å². The summed E-state index contributed by atoms with van der Waals surface area (Å²) in [5, 5.41) is 20.2. The van der Waals surface area contributed by atoms with Crippen LogP contribution in [0.2, 0.25) is 0 Å². The van der Waals surface area contributed by atoms with Gasteiger partial charge in [-0.15, -0.1) is 0 Å². The molecule has 3 aromatic rings. The number of nitrogens with one attached hydrogen (secondary N) is 1. The number of carboxylic acid groups (broad SMARTS) is 1. The zero-order chi connectivity index (χ0) is 30.3. The summed E-state index contributed by atoms with van der Waals surface area (Å²) in [5.41, 5.74) is 9.54. The van der Waals surface area contributed by atoms with E-state index in [4.69, 9.17) is 10.5 Å². The zero-order valence-electron chi connectivity index (χ0n) is 23.5. The van der Waals surface area contributed by atoms with Gasteiger partial charge in [-0.2, -0.15) is 0 Å². The number of carbonyl (C=O) groups excluding carboxylic acids is 1. The molecule has 4 rings (SSSR count). The molecule has 0 radical (unpaired) electrons. The van der Waals surface area contributed by atoms with Gasteiger partial charge in [0.2, 0.25) is 10.0 Å². The summed E-state index contributed by atoms with van der Waals surface area (Å²) >= 11 is 0. The summed E-state index contributed by atoms with van der Waals surface area (Å²) < 4.78 is 31.6. The zero-order valence-corrected chi connectivity index (χ0v) is 24.3. The van der Waals surface area contributed by atoms with E-state index in [2.05, 4.69) is 0 Å². The van der Waals surface area contributed by atoms with Crippen molar-refractivity contribution in [2.45, 2.75) is 50.7 Å². The Labute approximate surface area is 246 Å². The van der Waals surface area contributed by atoms with E-state index in [1.54, 1.807) is 42.5 Å². The number of nitrogen functional groups attached to an aromatic ring is 1. The molecule has 224 valence electrons. The van der Waals surface area contributed by atoms with Gasteiger partial charge in [-0.1, -0.05) is 48.9 Å². The topological polar surface area (TPSA) is 159 Å². The number of nitrogens with zero attached hydrogens (tertiary/aromatic N) is 1. The fraction of sp³-hybridized carbons (Fsp3) is 0.355. The SMILES string of the molecule is CS(=O)(=O)NC(=O)c1ccc(-c2ccc(CCN(C[C@H](O)c3cccc(N)c3)C(=O)O)cc2)cc1OC1CCCCC1. The molecule has 1 saturated carbocycles. The molecule has 0 aromatic heterocycles. The average Bonchev–Trinajstić information content (AvgIpc) is 2.95. The predicted molar refractivity (Wildman–Crippen MR) is 161 cm³/mol. The van der Waals surface area contributed by atoms with E-state index in [9.17, 15) is 28.2 Å². The average molecular weight is 596 g/mol. The van der Waals surface area contributed by atoms with E-state index in [0.29, 0.717) is 23.4 Å². The van der Waals surface area contributed by atoms with Gasteiger partial charge in [0.25, 0.3) is 5.91 Å². The molecule has 0 bridgehead atoms. The van der Waals surface area contributed by atoms with Crippen molar-refractivity contribution in [2.75, 3.05) is 25.1 Å². The molecular weight excluding hydrogens is 558 g/mol. The van der Waals surface area contributed by atoms with Gasteiger partial charge >= 0.3 is 6.09 Å². The molecule has 10 nitrogen and oxygen atoms in total. The van der Waals surface area contributed by atoms with Gasteiger partial charge in [0, 0.05) is 12.2 Å². The molecule has 0 spiro atoms. The lowest BCUT2D eigenvalue weighted by Gasteiger charge is -2.24. The first-order chi connectivity index (χ1) is 20.0. The van der Waals surface area contributed by atoms with Crippen LogP contribution in [0.3, 0.4) is 0 Å². The third kappa shape index (κ3) is 8.70. The van der Waals surface area contributed by atoms with Crippen molar-refractivity contribution in [3.05, 3.63) is 83.4 Å². The second-order valence-corrected chi connectivity index (χ2v) is 12.4. The van der Waals surface area contributed by atoms with Crippen LogP contribution in [0.25, 0.3) is 11.1 Å². The third-order valence-corrected chi connectivity index (χ3v) is 7.82. The molecule has 0 aliphatic heterocycles. The molecule has 1 aliphatic rings. The first-order valence-electron chi connectivity index (χ1n) is 13.9. The summed E-state index contributed by atoms with van der Waals surface area (Å²) in [4.78, 5) is 25.7. The van der Waals surface area contributed by atoms with Crippen LogP contribution in [0.4, 0.5) is 10.5 Å². The van der Waals surface area contributed by atoms with Crippen LogP contribution in [0, 0.1) is 0 Å². The molecule has 0 heterocycles. The minimum Gasteiger partial charge on any atom is -0.490 e. The maximum atomic E-state index is 12.7. The maximum absolute atomic E-state index is 12.7. The maximum Gasteiger partial charge on any atom is 0.407 e. The molecule has 11 heteroatoms. The summed E-state index contributed by atoms with van der Waals surface area (Å²) in [7, 11) is -3.74. The molecule has 0 saturated heterocycles. The number of aliphatic hydroxyl groups excluding tert-OH is 1. The monoisotopic (exact) mass is 595 g/mol. The van der Waals surface area contributed by atoms with Crippen LogP contribution in [0.1, 0.15) is 59.7 Å². The molecule has 0 unspecified atom stereocenters. The molecular formula is C31H37N3O7S. The number of hydrogen-bond acceptors (Lipinski definition) is 7. The minimum atomic E-state index is -3.74. The number of hydrogen-bond donors (Lipinski definition) is 4. The summed E-state index contributed by atoms with van der Waals surface area (Å²) in [6.07, 6.45) is 4.16. The van der Waals surface area contributed by atoms with Crippen molar-refractivity contribution in [3.8, 4) is 16.9 Å². The van der Waals surface area contributed by atoms with E-state index in [1.807, 2.05) is 29.0 Å². The standard InChI is InChI=1S/C31H37N3O7S/c1-42(39,40)33-30(36)27-15-14-23(19-29(27)41-26-8-3-2-4-9-26)22-12-10-21(11-13-22)16-17-34(31(37)38)20-28(35)24-6-5-7-25(32)18-24/h5-7,10-15,18-19,26,28,35H,2-4,8-9,16-17,20,32H2,1H3,(H,33,36)(H,37,38)/t28-/m0/s1. The van der Waals surface area contributed by atoms with Gasteiger partial charge < -0.3 is 25.6 Å². The molecule has 1 atom stereocenters. The van der Waals surface area contributed by atoms with Crippen molar-refractivity contribution in [2.24, 2.45) is 0 Å². The lowest BCUT2D eigenvalue weighted by Crippen LogP contribution is -2.35. The van der Waals surface area contributed by atoms with Crippen molar-refractivity contribution in [1.82, 2.24) is 9.62 Å². The molecule has 1 aliphatic carbocycles. The van der Waals surface area contributed by atoms with Crippen LogP contribution in [0.5, 0.6) is 5.75 Å². The second kappa shape index (κ2) is 13.7. The Balaban J connectivity index is 1.47. The van der Waals surface area contributed by atoms with Gasteiger partial charge in [-0.05, 0) is 78.6 Å². The van der Waals surface area contributed by atoms with E-state index in [-0.39, 0.29) is 24.8 Å². The van der Waals surface area contributed by atoms with Gasteiger partial charge in [-0.25, -0.2) is 17.9 Å². The van der Waals surface area contributed by atoms with Crippen molar-refractivity contribution in [3.63, 3.8) is 0 Å². The number of aliphatic hydroxyl groups is 1. The van der Waals surface area contributed by atoms with Crippen molar-refractivity contribution < 1.29 is 33.0 Å². The summed E-state index contributed by atoms with van der Waals surface area (Å²) in [6.45, 7) is 0.109. The van der Waals surface area contributed by atoms with E-state index in [0.717, 1.165) is 55.1 Å². The number of amides is 2. The Kier molecular flexibility index (Phi) is 10.1. The number of rotatable bonds is 11. The van der Waals surface area contributed by atoms with E-state index in [1.165, 1.54) is 4.90 Å². The smallest absolute Gasteiger partial charge is 0.407 e. The Bertz CT molecular complexity index is 1500. The largest absolute Gasteiger partial charge is 0.490 e. The Morgan fingerprint density at radius 1 is 1.02 bits per heavy atom. The molecule has 2 amide bonds. The second-order valence-electron chi connectivity index (χ2n) is 10.7. The van der Waals surface area contributed by atoms with Crippen molar-refractivity contribution in [1.29, 1.82) is 0 Å². The quantitative estimate of drug-likeness (QED) is 0.234. The van der Waals surface area contributed by atoms with Crippen LogP contribution in [-0.2, 0) is 16.4 Å². The summed E-state index contributed by atoms with van der Waals surface area (Å²) in [5.74, 6) is -0.408. The number of anilines is 1. The number of ether oxygens (including phenoxy) is 1. The van der Waals surface area contributed by atoms with Gasteiger partial charge in [-0.3, -0.25) is 4.79 Å². The van der Waals surface area contributed by atoms with Crippen molar-refractivity contribution >= 4 is 27.7 Å². The first kappa shape index (κ1) is 30.9. The minimum absolute atomic E-state index is 0.0453.